The molecule has 0 spiro atoms. The molecule has 1 aromatic carbocycles. The smallest absolute Gasteiger partial charge is 0.437 e. The highest BCUT2D eigenvalue weighted by atomic mass is 19.4. The number of nitrogens with one attached hydrogen (secondary N) is 2. The Morgan fingerprint density at radius 3 is 2.59 bits per heavy atom. The number of carbonyl (C=O) groups excluding carboxylic acids is 2. The van der Waals surface area contributed by atoms with Crippen LogP contribution in [0.1, 0.15) is 42.4 Å². The minimum atomic E-state index is -4.88. The molecule has 2 N–H and O–H groups in total. The van der Waals surface area contributed by atoms with Gasteiger partial charge in [-0.2, -0.15) is 18.2 Å². The van der Waals surface area contributed by atoms with Gasteiger partial charge in [-0.15, -0.1) is 0 Å². The average Bonchev–Trinajstić information content (AvgIpc) is 3.59. The highest BCUT2D eigenvalue weighted by Crippen LogP contribution is 2.35. The quantitative estimate of drug-likeness (QED) is 0.378. The molecule has 5 rings (SSSR count). The van der Waals surface area contributed by atoms with E-state index in [-0.39, 0.29) is 41.8 Å². The SMILES string of the molecule is CC1CCCN(c2nc(C(F)(F)F)c(C(=O)Nc3ccc(OC4CCN(C(=O)Nc5ccccc5F)C4)nc3)o2)C1. The van der Waals surface area contributed by atoms with Crippen molar-refractivity contribution in [1.82, 2.24) is 14.9 Å². The fraction of sp³-hybridized carbons (Fsp3) is 0.407. The number of likely N-dealkylation sites (tertiary alicyclic amines) is 1. The molecule has 0 saturated carbocycles. The lowest BCUT2D eigenvalue weighted by molar-refractivity contribution is -0.141. The van der Waals surface area contributed by atoms with Crippen LogP contribution in [0.2, 0.25) is 0 Å². The van der Waals surface area contributed by atoms with Crippen molar-refractivity contribution in [3.8, 4) is 5.88 Å². The number of nitrogens with zero attached hydrogens (tertiary/aromatic N) is 4. The van der Waals surface area contributed by atoms with Gasteiger partial charge < -0.3 is 29.6 Å². The van der Waals surface area contributed by atoms with Gasteiger partial charge in [-0.3, -0.25) is 4.79 Å². The Bertz CT molecular complexity index is 1400. The topological polar surface area (TPSA) is 113 Å². The summed E-state index contributed by atoms with van der Waals surface area (Å²) in [5.74, 6) is -2.12. The van der Waals surface area contributed by atoms with Crippen LogP contribution in [0.4, 0.5) is 39.7 Å². The molecule has 0 radical (unpaired) electrons. The summed E-state index contributed by atoms with van der Waals surface area (Å²) in [5, 5.41) is 4.89. The summed E-state index contributed by atoms with van der Waals surface area (Å²) in [6, 6.07) is 8.02. The summed E-state index contributed by atoms with van der Waals surface area (Å²) >= 11 is 0. The second-order valence-corrected chi connectivity index (χ2v) is 10.1. The van der Waals surface area contributed by atoms with E-state index in [0.717, 1.165) is 12.8 Å². The van der Waals surface area contributed by atoms with E-state index in [1.165, 1.54) is 41.4 Å². The summed E-state index contributed by atoms with van der Waals surface area (Å²) in [7, 11) is 0. The number of rotatable bonds is 6. The van der Waals surface area contributed by atoms with E-state index >= 15 is 0 Å². The first kappa shape index (κ1) is 28.2. The van der Waals surface area contributed by atoms with Crippen LogP contribution in [0.5, 0.6) is 5.88 Å². The van der Waals surface area contributed by atoms with E-state index in [1.807, 2.05) is 6.92 Å². The van der Waals surface area contributed by atoms with E-state index in [4.69, 9.17) is 9.15 Å². The van der Waals surface area contributed by atoms with Crippen molar-refractivity contribution < 1.29 is 36.3 Å². The number of ether oxygens (including phenoxy) is 1. The predicted molar refractivity (Wildman–Crippen MR) is 140 cm³/mol. The lowest BCUT2D eigenvalue weighted by atomic mass is 10.0. The van der Waals surface area contributed by atoms with E-state index < -0.39 is 35.4 Å². The number of halogens is 4. The summed E-state index contributed by atoms with van der Waals surface area (Å²) in [4.78, 5) is 36.1. The number of amides is 3. The number of pyridine rings is 1. The van der Waals surface area contributed by atoms with Gasteiger partial charge in [0.15, 0.2) is 5.69 Å². The Hall–Kier alpha value is -4.36. The standard InChI is InChI=1S/C27H28F4N6O4/c1-16-5-4-11-37(14-16)26-35-23(27(29,30)31)22(41-26)24(38)33-17-8-9-21(32-13-17)40-18-10-12-36(15-18)25(39)34-20-7-3-2-6-19(20)28/h2-3,6-9,13,16,18H,4-5,10-12,14-15H2,1H3,(H,33,38)(H,34,39). The summed E-state index contributed by atoms with van der Waals surface area (Å²) in [6.07, 6.45) is -1.78. The molecule has 2 saturated heterocycles. The van der Waals surface area contributed by atoms with Crippen LogP contribution in [0, 0.1) is 11.7 Å². The predicted octanol–water partition coefficient (Wildman–Crippen LogP) is 5.40. The van der Waals surface area contributed by atoms with Gasteiger partial charge >= 0.3 is 12.2 Å². The number of aromatic nitrogens is 2. The monoisotopic (exact) mass is 576 g/mol. The van der Waals surface area contributed by atoms with Crippen LogP contribution in [0.3, 0.4) is 0 Å². The van der Waals surface area contributed by atoms with Crippen molar-refractivity contribution in [2.45, 2.75) is 38.5 Å². The fourth-order valence-corrected chi connectivity index (χ4v) is 4.80. The zero-order valence-corrected chi connectivity index (χ0v) is 22.1. The molecule has 2 fully saturated rings. The number of para-hydroxylation sites is 1. The largest absolute Gasteiger partial charge is 0.472 e. The van der Waals surface area contributed by atoms with Gasteiger partial charge in [0, 0.05) is 32.1 Å². The molecular weight excluding hydrogens is 548 g/mol. The number of benzene rings is 1. The third-order valence-corrected chi connectivity index (χ3v) is 6.85. The normalized spacial score (nSPS) is 19.2. The molecule has 2 unspecified atom stereocenters. The number of alkyl halides is 3. The van der Waals surface area contributed by atoms with Gasteiger partial charge in [0.2, 0.25) is 11.6 Å². The first-order chi connectivity index (χ1) is 19.6. The molecule has 10 nitrogen and oxygen atoms in total. The Morgan fingerprint density at radius 1 is 1.07 bits per heavy atom. The lowest BCUT2D eigenvalue weighted by Crippen LogP contribution is -2.34. The molecule has 218 valence electrons. The van der Waals surface area contributed by atoms with Gasteiger partial charge in [0.25, 0.3) is 11.9 Å². The Morgan fingerprint density at radius 2 is 1.88 bits per heavy atom. The zero-order valence-electron chi connectivity index (χ0n) is 22.1. The molecule has 2 aliphatic heterocycles. The summed E-state index contributed by atoms with van der Waals surface area (Å²) in [6.45, 7) is 3.59. The molecule has 0 bridgehead atoms. The maximum atomic E-state index is 13.8. The number of hydrogen-bond donors (Lipinski definition) is 2. The molecule has 2 aromatic heterocycles. The van der Waals surface area contributed by atoms with E-state index in [0.29, 0.717) is 26.1 Å². The maximum Gasteiger partial charge on any atom is 0.437 e. The molecule has 2 aliphatic rings. The zero-order chi connectivity index (χ0) is 29.1. The van der Waals surface area contributed by atoms with Crippen LogP contribution in [-0.2, 0) is 6.18 Å². The Labute approximate surface area is 232 Å². The van der Waals surface area contributed by atoms with Gasteiger partial charge in [-0.1, -0.05) is 19.1 Å². The summed E-state index contributed by atoms with van der Waals surface area (Å²) < 4.78 is 65.9. The highest BCUT2D eigenvalue weighted by Gasteiger charge is 2.42. The Balaban J connectivity index is 1.18. The number of hydrogen-bond acceptors (Lipinski definition) is 7. The van der Waals surface area contributed by atoms with E-state index in [9.17, 15) is 27.2 Å². The second kappa shape index (κ2) is 11.6. The van der Waals surface area contributed by atoms with Crippen molar-refractivity contribution in [2.24, 2.45) is 5.92 Å². The number of piperidine rings is 1. The van der Waals surface area contributed by atoms with Crippen molar-refractivity contribution >= 4 is 29.3 Å². The third-order valence-electron chi connectivity index (χ3n) is 6.85. The van der Waals surface area contributed by atoms with Gasteiger partial charge in [-0.05, 0) is 37.0 Å². The molecule has 4 heterocycles. The molecular formula is C27H28F4N6O4. The fourth-order valence-electron chi connectivity index (χ4n) is 4.80. The van der Waals surface area contributed by atoms with Gasteiger partial charge in [-0.25, -0.2) is 14.2 Å². The number of oxazole rings is 1. The minimum absolute atomic E-state index is 0.0752. The van der Waals surface area contributed by atoms with Crippen molar-refractivity contribution in [3.63, 3.8) is 0 Å². The lowest BCUT2D eigenvalue weighted by Gasteiger charge is -2.29. The highest BCUT2D eigenvalue weighted by molar-refractivity contribution is 6.03. The molecule has 3 aromatic rings. The molecule has 0 aliphatic carbocycles. The molecule has 3 amide bonds. The van der Waals surface area contributed by atoms with E-state index in [2.05, 4.69) is 20.6 Å². The van der Waals surface area contributed by atoms with Gasteiger partial charge in [0.1, 0.15) is 11.9 Å². The first-order valence-corrected chi connectivity index (χ1v) is 13.1. The molecule has 2 atom stereocenters. The number of anilines is 3. The van der Waals surface area contributed by atoms with Crippen LogP contribution >= 0.6 is 0 Å². The van der Waals surface area contributed by atoms with Crippen LogP contribution < -0.4 is 20.3 Å². The minimum Gasteiger partial charge on any atom is -0.472 e. The van der Waals surface area contributed by atoms with Gasteiger partial charge in [0.05, 0.1) is 24.1 Å². The van der Waals surface area contributed by atoms with Crippen LogP contribution in [-0.4, -0.2) is 59.1 Å². The molecule has 41 heavy (non-hydrogen) atoms. The average molecular weight is 577 g/mol. The second-order valence-electron chi connectivity index (χ2n) is 10.1. The van der Waals surface area contributed by atoms with Crippen LogP contribution in [0.15, 0.2) is 47.0 Å². The third kappa shape index (κ3) is 6.69. The van der Waals surface area contributed by atoms with Crippen molar-refractivity contribution in [1.29, 1.82) is 0 Å². The number of carbonyl (C=O) groups is 2. The maximum absolute atomic E-state index is 13.8. The first-order valence-electron chi connectivity index (χ1n) is 13.1. The van der Waals surface area contributed by atoms with Crippen molar-refractivity contribution in [3.05, 3.63) is 59.9 Å². The number of urea groups is 1. The summed E-state index contributed by atoms with van der Waals surface area (Å²) in [5.41, 5.74) is -1.19. The molecule has 14 heteroatoms. The van der Waals surface area contributed by atoms with Crippen molar-refractivity contribution in [2.75, 3.05) is 41.7 Å². The van der Waals surface area contributed by atoms with Crippen LogP contribution in [0.25, 0.3) is 0 Å². The Kier molecular flexibility index (Phi) is 7.99. The van der Waals surface area contributed by atoms with E-state index in [1.54, 1.807) is 11.0 Å².